The van der Waals surface area contributed by atoms with Crippen molar-refractivity contribution < 1.29 is 14.4 Å². The topological polar surface area (TPSA) is 60.9 Å². The molecule has 1 fully saturated rings. The fourth-order valence-corrected chi connectivity index (χ4v) is 2.72. The second-order valence-electron chi connectivity index (χ2n) is 5.21. The van der Waals surface area contributed by atoms with E-state index in [9.17, 15) is 14.4 Å². The van der Waals surface area contributed by atoms with Gasteiger partial charge in [-0.3, -0.25) is 9.59 Å². The van der Waals surface area contributed by atoms with Crippen molar-refractivity contribution in [3.8, 4) is 0 Å². The van der Waals surface area contributed by atoms with Crippen molar-refractivity contribution in [2.24, 2.45) is 0 Å². The van der Waals surface area contributed by atoms with Crippen molar-refractivity contribution in [2.45, 2.75) is 45.2 Å². The Hall–Kier alpha value is -0.720. The van der Waals surface area contributed by atoms with Gasteiger partial charge in [0.25, 0.3) is 5.91 Å². The van der Waals surface area contributed by atoms with Gasteiger partial charge in [0.15, 0.2) is 0 Å². The molecule has 1 aliphatic rings. The van der Waals surface area contributed by atoms with Gasteiger partial charge in [0, 0.05) is 48.7 Å². The molecule has 108 valence electrons. The molecule has 0 aromatic heterocycles. The second-order valence-corrected chi connectivity index (χ2v) is 6.23. The molecule has 1 heterocycles. The summed E-state index contributed by atoms with van der Waals surface area (Å²) in [5.41, 5.74) is -2.26. The van der Waals surface area contributed by atoms with Crippen LogP contribution in [0.15, 0.2) is 0 Å². The van der Waals surface area contributed by atoms with E-state index in [2.05, 4.69) is 0 Å². The summed E-state index contributed by atoms with van der Waals surface area (Å²) in [5.74, 6) is -1.04. The zero-order valence-electron chi connectivity index (χ0n) is 10.9. The molecule has 0 spiro atoms. The van der Waals surface area contributed by atoms with Gasteiger partial charge in [-0.2, -0.15) is 4.42 Å². The molecule has 1 unspecified atom stereocenters. The Morgan fingerprint density at radius 3 is 2.16 bits per heavy atom. The molecule has 1 rings (SSSR count). The summed E-state index contributed by atoms with van der Waals surface area (Å²) in [6.07, 6.45) is 0.0420. The van der Waals surface area contributed by atoms with Gasteiger partial charge in [0.2, 0.25) is 5.91 Å². The van der Waals surface area contributed by atoms with Gasteiger partial charge in [-0.25, -0.2) is 13.6 Å². The molecule has 1 saturated heterocycles. The zero-order chi connectivity index (χ0) is 15.2. The molecule has 0 aromatic rings. The van der Waals surface area contributed by atoms with E-state index >= 15 is 0 Å². The average Bonchev–Trinajstić information content (AvgIpc) is 2.44. The first-order chi connectivity index (χ1) is 8.45. The molecule has 0 saturated carbocycles. The van der Waals surface area contributed by atoms with E-state index < -0.39 is 23.0 Å². The Morgan fingerprint density at radius 1 is 1.37 bits per heavy atom. The van der Waals surface area contributed by atoms with Crippen LogP contribution in [0, 0.1) is 0 Å². The van der Waals surface area contributed by atoms with Crippen LogP contribution < -0.4 is 0 Å². The van der Waals surface area contributed by atoms with Crippen molar-refractivity contribution in [3.05, 3.63) is 0 Å². The predicted molar refractivity (Wildman–Crippen MR) is 71.3 cm³/mol. The van der Waals surface area contributed by atoms with E-state index in [1.807, 2.05) is 0 Å². The molecule has 0 aromatic carbocycles. The first-order valence-electron chi connectivity index (χ1n) is 5.42. The summed E-state index contributed by atoms with van der Waals surface area (Å²) in [7, 11) is 0. The monoisotopic (exact) mass is 329 g/mol. The Balaban J connectivity index is 3.07. The molecule has 4 amide bonds. The third-order valence-corrected chi connectivity index (χ3v) is 4.50. The van der Waals surface area contributed by atoms with Gasteiger partial charge in [-0.15, -0.1) is 0 Å². The fraction of sp³-hybridized carbons (Fsp3) is 0.700. The minimum atomic E-state index is -1.37. The number of carbonyl (C=O) groups is 3. The molecular weight excluding hydrogens is 316 g/mol. The van der Waals surface area contributed by atoms with E-state index in [4.69, 9.17) is 35.3 Å². The summed E-state index contributed by atoms with van der Waals surface area (Å²) in [4.78, 5) is 34.9. The maximum Gasteiger partial charge on any atom is 0.357 e. The lowest BCUT2D eigenvalue weighted by Gasteiger charge is -2.38. The summed E-state index contributed by atoms with van der Waals surface area (Å²) in [6.45, 7) is 6.08. The van der Waals surface area contributed by atoms with E-state index in [1.54, 1.807) is 13.8 Å². The highest BCUT2D eigenvalue weighted by Gasteiger charge is 2.57. The van der Waals surface area contributed by atoms with Crippen LogP contribution in [0.2, 0.25) is 0 Å². The second kappa shape index (κ2) is 5.00. The molecule has 19 heavy (non-hydrogen) atoms. The zero-order valence-corrected chi connectivity index (χ0v) is 13.2. The number of amides is 4. The third-order valence-electron chi connectivity index (χ3n) is 2.99. The largest absolute Gasteiger partial charge is 0.357 e. The Morgan fingerprint density at radius 2 is 1.84 bits per heavy atom. The first-order valence-corrected chi connectivity index (χ1v) is 6.43. The quantitative estimate of drug-likeness (QED) is 0.590. The van der Waals surface area contributed by atoms with Gasteiger partial charge >= 0.3 is 6.03 Å². The van der Waals surface area contributed by atoms with Gasteiger partial charge < -0.3 is 0 Å². The summed E-state index contributed by atoms with van der Waals surface area (Å²) >= 11 is 17.3. The molecular formula is C10H14Cl3N3O3. The van der Waals surface area contributed by atoms with Crippen LogP contribution in [0.3, 0.4) is 0 Å². The summed E-state index contributed by atoms with van der Waals surface area (Å²) in [6, 6.07) is -0.824. The minimum absolute atomic E-state index is 0.0420. The van der Waals surface area contributed by atoms with Crippen LogP contribution in [0.5, 0.6) is 0 Å². The lowest BCUT2D eigenvalue weighted by atomic mass is 9.85. The Kier molecular flexibility index (Phi) is 4.29. The molecule has 6 nitrogen and oxygen atoms in total. The van der Waals surface area contributed by atoms with Crippen LogP contribution >= 0.6 is 35.3 Å². The minimum Gasteiger partial charge on any atom is -0.274 e. The fourth-order valence-electron chi connectivity index (χ4n) is 2.15. The number of urea groups is 1. The van der Waals surface area contributed by atoms with Crippen molar-refractivity contribution in [1.82, 2.24) is 13.3 Å². The van der Waals surface area contributed by atoms with Crippen molar-refractivity contribution in [1.29, 1.82) is 0 Å². The normalized spacial score (nSPS) is 24.2. The number of imide groups is 1. The van der Waals surface area contributed by atoms with Gasteiger partial charge in [-0.1, -0.05) is 0 Å². The lowest BCUT2D eigenvalue weighted by Crippen LogP contribution is -2.52. The van der Waals surface area contributed by atoms with Gasteiger partial charge in [0.1, 0.15) is 5.54 Å². The van der Waals surface area contributed by atoms with Crippen LogP contribution in [0.1, 0.15) is 34.1 Å². The smallest absolute Gasteiger partial charge is 0.274 e. The third kappa shape index (κ3) is 2.61. The summed E-state index contributed by atoms with van der Waals surface area (Å²) < 4.78 is 2.13. The SMILES string of the molecule is CC(=O)N(Cl)C(C)(C)CC1(C)C(=O)N(Cl)C(=O)N1Cl. The molecule has 1 aliphatic heterocycles. The van der Waals surface area contributed by atoms with Crippen LogP contribution in [0.4, 0.5) is 4.79 Å². The van der Waals surface area contributed by atoms with Gasteiger partial charge in [0.05, 0.1) is 5.54 Å². The highest BCUT2D eigenvalue weighted by molar-refractivity contribution is 6.39. The predicted octanol–water partition coefficient (Wildman–Crippen LogP) is 2.49. The molecule has 0 bridgehead atoms. The standard InChI is InChI=1S/C10H14Cl3N3O3/c1-6(17)15(12)9(2,3)5-10(4)7(18)14(11)8(19)16(10)13/h5H2,1-4H3. The average molecular weight is 331 g/mol. The molecule has 0 aliphatic carbocycles. The number of carbonyl (C=O) groups excluding carboxylic acids is 3. The van der Waals surface area contributed by atoms with Crippen LogP contribution in [0.25, 0.3) is 0 Å². The van der Waals surface area contributed by atoms with E-state index in [-0.39, 0.29) is 12.3 Å². The molecule has 0 N–H and O–H groups in total. The molecule has 1 atom stereocenters. The number of hydrogen-bond acceptors (Lipinski definition) is 3. The molecule has 0 radical (unpaired) electrons. The Labute approximate surface area is 126 Å². The Bertz CT molecular complexity index is 443. The summed E-state index contributed by atoms with van der Waals surface area (Å²) in [5, 5.41) is 0. The number of halogens is 3. The lowest BCUT2D eigenvalue weighted by molar-refractivity contribution is -0.133. The first kappa shape index (κ1) is 16.3. The maximum atomic E-state index is 12.0. The van der Waals surface area contributed by atoms with Crippen LogP contribution in [-0.2, 0) is 9.59 Å². The number of nitrogens with zero attached hydrogens (tertiary/aromatic N) is 3. The van der Waals surface area contributed by atoms with E-state index in [0.29, 0.717) is 4.42 Å². The molecule has 9 heteroatoms. The van der Waals surface area contributed by atoms with E-state index in [1.165, 1.54) is 13.8 Å². The number of rotatable bonds is 3. The van der Waals surface area contributed by atoms with Crippen molar-refractivity contribution >= 4 is 53.2 Å². The van der Waals surface area contributed by atoms with Crippen molar-refractivity contribution in [2.75, 3.05) is 0 Å². The highest BCUT2D eigenvalue weighted by atomic mass is 35.5. The van der Waals surface area contributed by atoms with Crippen molar-refractivity contribution in [3.63, 3.8) is 0 Å². The van der Waals surface area contributed by atoms with E-state index in [0.717, 1.165) is 8.84 Å². The number of hydrogen-bond donors (Lipinski definition) is 0. The van der Waals surface area contributed by atoms with Gasteiger partial charge in [-0.05, 0) is 20.8 Å². The maximum absolute atomic E-state index is 12.0. The highest BCUT2D eigenvalue weighted by Crippen LogP contribution is 2.39. The van der Waals surface area contributed by atoms with Crippen LogP contribution in [-0.4, -0.2) is 42.2 Å².